The summed E-state index contributed by atoms with van der Waals surface area (Å²) in [6.07, 6.45) is 2.85. The van der Waals surface area contributed by atoms with Crippen LogP contribution in [0.4, 0.5) is 5.69 Å². The Hall–Kier alpha value is -2.78. The van der Waals surface area contributed by atoms with Crippen molar-refractivity contribution in [1.82, 2.24) is 10.2 Å². The molecule has 11 heteroatoms. The van der Waals surface area contributed by atoms with Gasteiger partial charge in [0.25, 0.3) is 0 Å². The molecule has 1 atom stereocenters. The third-order valence-electron chi connectivity index (χ3n) is 6.26. The maximum atomic E-state index is 14.1. The minimum atomic E-state index is -3.97. The summed E-state index contributed by atoms with van der Waals surface area (Å²) in [5.74, 6) is -0.947. The third kappa shape index (κ3) is 8.86. The van der Waals surface area contributed by atoms with E-state index in [4.69, 9.17) is 34.8 Å². The molecule has 0 aromatic heterocycles. The van der Waals surface area contributed by atoms with Crippen molar-refractivity contribution in [3.05, 3.63) is 99.0 Å². The van der Waals surface area contributed by atoms with Crippen LogP contribution in [0, 0.1) is 0 Å². The predicted octanol–water partition coefficient (Wildman–Crippen LogP) is 5.97. The zero-order valence-corrected chi connectivity index (χ0v) is 25.4. The van der Waals surface area contributed by atoms with E-state index in [1.807, 2.05) is 37.3 Å². The Balaban J connectivity index is 2.07. The number of carbonyl (C=O) groups is 2. The smallest absolute Gasteiger partial charge is 0.244 e. The van der Waals surface area contributed by atoms with E-state index in [9.17, 15) is 18.0 Å². The first-order chi connectivity index (χ1) is 19.0. The second-order valence-corrected chi connectivity index (χ2v) is 12.5. The maximum Gasteiger partial charge on any atom is 0.244 e. The van der Waals surface area contributed by atoms with Crippen LogP contribution >= 0.6 is 34.8 Å². The van der Waals surface area contributed by atoms with E-state index in [1.165, 1.54) is 23.1 Å². The Bertz CT molecular complexity index is 1420. The van der Waals surface area contributed by atoms with Gasteiger partial charge in [0.2, 0.25) is 21.8 Å². The lowest BCUT2D eigenvalue weighted by molar-refractivity contribution is -0.140. The number of rotatable bonds is 13. The van der Waals surface area contributed by atoms with Crippen molar-refractivity contribution in [2.75, 3.05) is 23.7 Å². The Morgan fingerprint density at radius 2 is 1.60 bits per heavy atom. The molecule has 214 valence electrons. The largest absolute Gasteiger partial charge is 0.354 e. The van der Waals surface area contributed by atoms with Gasteiger partial charge in [-0.1, -0.05) is 96.7 Å². The molecule has 7 nitrogen and oxygen atoms in total. The van der Waals surface area contributed by atoms with E-state index in [0.717, 1.165) is 29.0 Å². The molecule has 0 saturated heterocycles. The predicted molar refractivity (Wildman–Crippen MR) is 163 cm³/mol. The topological polar surface area (TPSA) is 86.8 Å². The van der Waals surface area contributed by atoms with Crippen LogP contribution in [-0.4, -0.2) is 50.5 Å². The number of carbonyl (C=O) groups excluding carboxylic acids is 2. The average Bonchev–Trinajstić information content (AvgIpc) is 2.91. The maximum absolute atomic E-state index is 14.1. The summed E-state index contributed by atoms with van der Waals surface area (Å²) in [4.78, 5) is 29.0. The second-order valence-electron chi connectivity index (χ2n) is 9.33. The van der Waals surface area contributed by atoms with Crippen molar-refractivity contribution in [2.24, 2.45) is 0 Å². The third-order valence-corrected chi connectivity index (χ3v) is 8.31. The number of anilines is 1. The highest BCUT2D eigenvalue weighted by Gasteiger charge is 2.33. The molecule has 3 rings (SSSR count). The van der Waals surface area contributed by atoms with Crippen molar-refractivity contribution in [1.29, 1.82) is 0 Å². The van der Waals surface area contributed by atoms with Crippen molar-refractivity contribution in [3.8, 4) is 0 Å². The minimum absolute atomic E-state index is 0.0158. The highest BCUT2D eigenvalue weighted by Crippen LogP contribution is 2.31. The van der Waals surface area contributed by atoms with Crippen LogP contribution in [0.1, 0.15) is 30.9 Å². The molecule has 0 fully saturated rings. The number of halogens is 3. The van der Waals surface area contributed by atoms with Gasteiger partial charge in [-0.25, -0.2) is 8.42 Å². The summed E-state index contributed by atoms with van der Waals surface area (Å²) in [7, 11) is -3.97. The normalized spacial score (nSPS) is 12.0. The number of sulfonamides is 1. The fourth-order valence-electron chi connectivity index (χ4n) is 4.14. The molecule has 0 spiro atoms. The standard InChI is InChI=1S/C29H32Cl3N3O4S/c1-3-4-16-33-29(37)27(17-21-10-6-5-7-11-21)34(19-22-12-8-9-13-24(22)31)28(36)20-35(40(2,38)39)26-18-23(30)14-15-25(26)32/h5-15,18,27H,3-4,16-17,19-20H2,1-2H3,(H,33,37)/t27-/m1/s1. The van der Waals surface area contributed by atoms with Gasteiger partial charge in [0, 0.05) is 29.6 Å². The highest BCUT2D eigenvalue weighted by atomic mass is 35.5. The van der Waals surface area contributed by atoms with Gasteiger partial charge in [0.1, 0.15) is 12.6 Å². The molecule has 40 heavy (non-hydrogen) atoms. The summed E-state index contributed by atoms with van der Waals surface area (Å²) in [6, 6.07) is 19.8. The van der Waals surface area contributed by atoms with Gasteiger partial charge in [-0.15, -0.1) is 0 Å². The van der Waals surface area contributed by atoms with E-state index in [2.05, 4.69) is 5.32 Å². The van der Waals surface area contributed by atoms with Crippen molar-refractivity contribution < 1.29 is 18.0 Å². The number of unbranched alkanes of at least 4 members (excludes halogenated alkanes) is 1. The van der Waals surface area contributed by atoms with Crippen LogP contribution in [0.5, 0.6) is 0 Å². The number of benzene rings is 3. The van der Waals surface area contributed by atoms with Crippen LogP contribution in [0.3, 0.4) is 0 Å². The number of hydrogen-bond acceptors (Lipinski definition) is 4. The first-order valence-electron chi connectivity index (χ1n) is 12.8. The molecule has 0 bridgehead atoms. The van der Waals surface area contributed by atoms with Crippen LogP contribution in [0.15, 0.2) is 72.8 Å². The molecule has 3 aromatic carbocycles. The van der Waals surface area contributed by atoms with Gasteiger partial charge in [-0.2, -0.15) is 0 Å². The molecule has 2 amide bonds. The van der Waals surface area contributed by atoms with E-state index in [1.54, 1.807) is 24.3 Å². The molecule has 0 aliphatic carbocycles. The zero-order valence-electron chi connectivity index (χ0n) is 22.3. The molecule has 3 aromatic rings. The first kappa shape index (κ1) is 31.7. The summed E-state index contributed by atoms with van der Waals surface area (Å²) < 4.78 is 26.7. The molecular weight excluding hydrogens is 593 g/mol. The second kappa shape index (κ2) is 14.7. The Morgan fingerprint density at radius 3 is 2.25 bits per heavy atom. The van der Waals surface area contributed by atoms with Crippen molar-refractivity contribution in [3.63, 3.8) is 0 Å². The fraction of sp³-hybridized carbons (Fsp3) is 0.310. The van der Waals surface area contributed by atoms with E-state index in [-0.39, 0.29) is 34.6 Å². The quantitative estimate of drug-likeness (QED) is 0.238. The lowest BCUT2D eigenvalue weighted by atomic mass is 10.0. The van der Waals surface area contributed by atoms with Crippen LogP contribution in [0.25, 0.3) is 0 Å². The Kier molecular flexibility index (Phi) is 11.7. The highest BCUT2D eigenvalue weighted by molar-refractivity contribution is 7.92. The SMILES string of the molecule is CCCCNC(=O)[C@@H](Cc1ccccc1)N(Cc1ccccc1Cl)C(=O)CN(c1cc(Cl)ccc1Cl)S(C)(=O)=O. The summed E-state index contributed by atoms with van der Waals surface area (Å²) in [5, 5.41) is 3.72. The molecule has 0 heterocycles. The molecule has 1 N–H and O–H groups in total. The van der Waals surface area contributed by atoms with Gasteiger partial charge in [0.15, 0.2) is 0 Å². The van der Waals surface area contributed by atoms with E-state index in [0.29, 0.717) is 17.1 Å². The molecule has 0 radical (unpaired) electrons. The lowest BCUT2D eigenvalue weighted by Crippen LogP contribution is -2.53. The fourth-order valence-corrected chi connectivity index (χ4v) is 5.63. The minimum Gasteiger partial charge on any atom is -0.354 e. The van der Waals surface area contributed by atoms with Crippen LogP contribution in [0.2, 0.25) is 15.1 Å². The van der Waals surface area contributed by atoms with Gasteiger partial charge >= 0.3 is 0 Å². The number of amides is 2. The Morgan fingerprint density at radius 1 is 0.925 bits per heavy atom. The number of nitrogens with zero attached hydrogens (tertiary/aromatic N) is 2. The van der Waals surface area contributed by atoms with Crippen LogP contribution < -0.4 is 9.62 Å². The lowest BCUT2D eigenvalue weighted by Gasteiger charge is -2.34. The molecule has 0 aliphatic rings. The van der Waals surface area contributed by atoms with E-state index >= 15 is 0 Å². The van der Waals surface area contributed by atoms with Gasteiger partial charge in [0.05, 0.1) is 17.0 Å². The Labute approximate surface area is 251 Å². The van der Waals surface area contributed by atoms with Gasteiger partial charge in [-0.05, 0) is 41.8 Å². The summed E-state index contributed by atoms with van der Waals surface area (Å²) in [5.41, 5.74) is 1.52. The van der Waals surface area contributed by atoms with E-state index < -0.39 is 28.5 Å². The van der Waals surface area contributed by atoms with Gasteiger partial charge in [-0.3, -0.25) is 13.9 Å². The summed E-state index contributed by atoms with van der Waals surface area (Å²) >= 11 is 18.9. The zero-order chi connectivity index (χ0) is 29.3. The average molecular weight is 625 g/mol. The number of hydrogen-bond donors (Lipinski definition) is 1. The van der Waals surface area contributed by atoms with Gasteiger partial charge < -0.3 is 10.2 Å². The first-order valence-corrected chi connectivity index (χ1v) is 15.8. The molecular formula is C29H32Cl3N3O4S. The van der Waals surface area contributed by atoms with Crippen LogP contribution in [-0.2, 0) is 32.6 Å². The van der Waals surface area contributed by atoms with Crippen molar-refractivity contribution in [2.45, 2.75) is 38.8 Å². The molecule has 0 aliphatic heterocycles. The molecule has 0 unspecified atom stereocenters. The molecule has 0 saturated carbocycles. The monoisotopic (exact) mass is 623 g/mol. The number of nitrogens with one attached hydrogen (secondary N) is 1. The van der Waals surface area contributed by atoms with Crippen molar-refractivity contribution >= 4 is 62.3 Å². The summed E-state index contributed by atoms with van der Waals surface area (Å²) in [6.45, 7) is 1.85.